The van der Waals surface area contributed by atoms with Gasteiger partial charge in [-0.2, -0.15) is 0 Å². The summed E-state index contributed by atoms with van der Waals surface area (Å²) in [6.45, 7) is 0. The molecule has 116 valence electrons. The average molecular weight is 433 g/mol. The Hall–Kier alpha value is -1.27. The molecular weight excluding hydrogens is 417 g/mol. The van der Waals surface area contributed by atoms with Gasteiger partial charge in [0.15, 0.2) is 5.78 Å². The normalized spacial score (nSPS) is 20.4. The summed E-state index contributed by atoms with van der Waals surface area (Å²) >= 11 is 4.10. The quantitative estimate of drug-likeness (QED) is 0.598. The van der Waals surface area contributed by atoms with Gasteiger partial charge in [0.2, 0.25) is 0 Å². The Morgan fingerprint density at radius 3 is 2.65 bits per heavy atom. The Bertz CT molecular complexity index is 797. The number of benzene rings is 2. The molecule has 23 heavy (non-hydrogen) atoms. The Morgan fingerprint density at radius 1 is 1.04 bits per heavy atom. The topological polar surface area (TPSA) is 29.1 Å². The van der Waals surface area contributed by atoms with Crippen LogP contribution in [0.4, 0.5) is 5.69 Å². The number of nitrogens with one attached hydrogen (secondary N) is 1. The van der Waals surface area contributed by atoms with Gasteiger partial charge in [-0.1, -0.05) is 24.3 Å². The standard InChI is InChI=1S/C19H16INOS/c20-13-10-8-12(9-11-13)19-18-15(5-3-6-16(18)22)21-14-4-1-2-7-17(14)23-19/h1-2,4,7-11,19,21H,3,5-6H2. The van der Waals surface area contributed by atoms with Gasteiger partial charge >= 0.3 is 0 Å². The molecular formula is C19H16INOS. The second-order valence-corrected chi connectivity index (χ2v) is 8.23. The lowest BCUT2D eigenvalue weighted by molar-refractivity contribution is -0.116. The molecule has 0 saturated carbocycles. The molecule has 1 N–H and O–H groups in total. The first-order valence-electron chi connectivity index (χ1n) is 7.77. The molecule has 0 radical (unpaired) electrons. The molecule has 4 heteroatoms. The summed E-state index contributed by atoms with van der Waals surface area (Å²) in [5.41, 5.74) is 4.41. The fourth-order valence-corrected chi connectivity index (χ4v) is 4.89. The maximum atomic E-state index is 12.7. The number of allylic oxidation sites excluding steroid dienone is 1. The number of halogens is 1. The lowest BCUT2D eigenvalue weighted by atomic mass is 9.89. The van der Waals surface area contributed by atoms with Crippen LogP contribution < -0.4 is 5.32 Å². The molecule has 0 fully saturated rings. The van der Waals surface area contributed by atoms with Gasteiger partial charge in [0.05, 0.1) is 10.9 Å². The minimum atomic E-state index is 0.0750. The Balaban J connectivity index is 1.86. The number of anilines is 1. The van der Waals surface area contributed by atoms with E-state index in [0.717, 1.165) is 29.8 Å². The smallest absolute Gasteiger partial charge is 0.162 e. The summed E-state index contributed by atoms with van der Waals surface area (Å²) < 4.78 is 1.22. The molecule has 1 heterocycles. The van der Waals surface area contributed by atoms with Crippen molar-refractivity contribution in [1.29, 1.82) is 0 Å². The van der Waals surface area contributed by atoms with Gasteiger partial charge in [0.1, 0.15) is 0 Å². The molecule has 4 rings (SSSR count). The van der Waals surface area contributed by atoms with Crippen LogP contribution in [0.15, 0.2) is 64.7 Å². The van der Waals surface area contributed by atoms with Crippen LogP contribution in [0.3, 0.4) is 0 Å². The maximum Gasteiger partial charge on any atom is 0.162 e. The SMILES string of the molecule is O=C1CCCC2=C1C(c1ccc(I)cc1)Sc1ccccc1N2. The van der Waals surface area contributed by atoms with Gasteiger partial charge in [-0.05, 0) is 65.3 Å². The largest absolute Gasteiger partial charge is 0.358 e. The second-order valence-electron chi connectivity index (χ2n) is 5.84. The third-order valence-electron chi connectivity index (χ3n) is 4.31. The molecule has 1 aliphatic heterocycles. The van der Waals surface area contributed by atoms with Gasteiger partial charge in [-0.3, -0.25) is 4.79 Å². The van der Waals surface area contributed by atoms with Gasteiger partial charge < -0.3 is 5.32 Å². The first-order valence-corrected chi connectivity index (χ1v) is 9.72. The first-order chi connectivity index (χ1) is 11.2. The number of hydrogen-bond acceptors (Lipinski definition) is 3. The van der Waals surface area contributed by atoms with Crippen LogP contribution in [0.2, 0.25) is 0 Å². The van der Waals surface area contributed by atoms with E-state index in [1.54, 1.807) is 11.8 Å². The minimum absolute atomic E-state index is 0.0750. The first kappa shape index (κ1) is 15.3. The van der Waals surface area contributed by atoms with E-state index in [1.165, 1.54) is 14.0 Å². The Labute approximate surface area is 153 Å². The van der Waals surface area contributed by atoms with Crippen LogP contribution in [-0.2, 0) is 4.79 Å². The molecule has 2 aliphatic rings. The Morgan fingerprint density at radius 2 is 1.83 bits per heavy atom. The van der Waals surface area contributed by atoms with E-state index in [2.05, 4.69) is 70.4 Å². The Kier molecular flexibility index (Phi) is 4.20. The highest BCUT2D eigenvalue weighted by atomic mass is 127. The number of hydrogen-bond donors (Lipinski definition) is 1. The highest BCUT2D eigenvalue weighted by Gasteiger charge is 2.32. The van der Waals surface area contributed by atoms with Gasteiger partial charge in [0.25, 0.3) is 0 Å². The van der Waals surface area contributed by atoms with Crippen molar-refractivity contribution in [3.05, 3.63) is 68.9 Å². The highest BCUT2D eigenvalue weighted by Crippen LogP contribution is 2.49. The fraction of sp³-hybridized carbons (Fsp3) is 0.211. The van der Waals surface area contributed by atoms with E-state index in [1.807, 2.05) is 6.07 Å². The number of Topliss-reactive ketones (excluding diaryl/α,β-unsaturated/α-hetero) is 1. The van der Waals surface area contributed by atoms with Gasteiger partial charge in [-0.25, -0.2) is 0 Å². The number of carbonyl (C=O) groups is 1. The number of thioether (sulfide) groups is 1. The molecule has 0 saturated heterocycles. The number of fused-ring (bicyclic) bond motifs is 1. The van der Waals surface area contributed by atoms with Crippen molar-refractivity contribution in [2.75, 3.05) is 5.32 Å². The minimum Gasteiger partial charge on any atom is -0.358 e. The van der Waals surface area contributed by atoms with Crippen molar-refractivity contribution < 1.29 is 4.79 Å². The predicted molar refractivity (Wildman–Crippen MR) is 104 cm³/mol. The molecule has 2 aromatic carbocycles. The van der Waals surface area contributed by atoms with Crippen LogP contribution in [0, 0.1) is 3.57 Å². The molecule has 1 unspecified atom stereocenters. The van der Waals surface area contributed by atoms with Crippen molar-refractivity contribution in [3.8, 4) is 0 Å². The van der Waals surface area contributed by atoms with E-state index in [4.69, 9.17) is 0 Å². The summed E-state index contributed by atoms with van der Waals surface area (Å²) in [7, 11) is 0. The molecule has 1 aliphatic carbocycles. The molecule has 0 aromatic heterocycles. The number of ketones is 1. The summed E-state index contributed by atoms with van der Waals surface area (Å²) in [5, 5.41) is 3.61. The van der Waals surface area contributed by atoms with Gasteiger partial charge in [0, 0.05) is 26.2 Å². The van der Waals surface area contributed by atoms with E-state index in [-0.39, 0.29) is 5.25 Å². The van der Waals surface area contributed by atoms with Crippen molar-refractivity contribution in [1.82, 2.24) is 0 Å². The van der Waals surface area contributed by atoms with Crippen LogP contribution in [0.1, 0.15) is 30.1 Å². The zero-order chi connectivity index (χ0) is 15.8. The number of para-hydroxylation sites is 1. The predicted octanol–water partition coefficient (Wildman–Crippen LogP) is 5.56. The summed E-state index contributed by atoms with van der Waals surface area (Å²) in [5.74, 6) is 0.294. The molecule has 2 aromatic rings. The molecule has 0 spiro atoms. The second kappa shape index (κ2) is 6.32. The third-order valence-corrected chi connectivity index (χ3v) is 6.38. The highest BCUT2D eigenvalue weighted by molar-refractivity contribution is 14.1. The summed E-state index contributed by atoms with van der Waals surface area (Å²) in [6, 6.07) is 16.9. The third kappa shape index (κ3) is 2.94. The fourth-order valence-electron chi connectivity index (χ4n) is 3.19. The maximum absolute atomic E-state index is 12.7. The lowest BCUT2D eigenvalue weighted by Gasteiger charge is -2.24. The van der Waals surface area contributed by atoms with Crippen LogP contribution >= 0.6 is 34.4 Å². The average Bonchev–Trinajstić information content (AvgIpc) is 2.73. The summed E-state index contributed by atoms with van der Waals surface area (Å²) in [4.78, 5) is 13.9. The zero-order valence-corrected chi connectivity index (χ0v) is 15.5. The monoisotopic (exact) mass is 433 g/mol. The van der Waals surface area contributed by atoms with Crippen molar-refractivity contribution >= 4 is 45.8 Å². The van der Waals surface area contributed by atoms with E-state index >= 15 is 0 Å². The van der Waals surface area contributed by atoms with Gasteiger partial charge in [-0.15, -0.1) is 11.8 Å². The van der Waals surface area contributed by atoms with Crippen molar-refractivity contribution in [2.45, 2.75) is 29.4 Å². The lowest BCUT2D eigenvalue weighted by Crippen LogP contribution is -2.19. The number of carbonyl (C=O) groups excluding carboxylic acids is 1. The summed E-state index contributed by atoms with van der Waals surface area (Å²) in [6.07, 6.45) is 2.56. The molecule has 0 bridgehead atoms. The van der Waals surface area contributed by atoms with E-state index < -0.39 is 0 Å². The van der Waals surface area contributed by atoms with Crippen LogP contribution in [-0.4, -0.2) is 5.78 Å². The van der Waals surface area contributed by atoms with E-state index in [9.17, 15) is 4.79 Å². The molecule has 2 nitrogen and oxygen atoms in total. The van der Waals surface area contributed by atoms with E-state index in [0.29, 0.717) is 12.2 Å². The van der Waals surface area contributed by atoms with Crippen molar-refractivity contribution in [2.24, 2.45) is 0 Å². The molecule has 0 amide bonds. The van der Waals surface area contributed by atoms with Crippen LogP contribution in [0.5, 0.6) is 0 Å². The van der Waals surface area contributed by atoms with Crippen LogP contribution in [0.25, 0.3) is 0 Å². The van der Waals surface area contributed by atoms with Crippen molar-refractivity contribution in [3.63, 3.8) is 0 Å². The number of rotatable bonds is 1. The zero-order valence-electron chi connectivity index (χ0n) is 12.5. The molecule has 1 atom stereocenters.